The molecule has 0 saturated heterocycles. The van der Waals surface area contributed by atoms with Crippen LogP contribution < -0.4 is 4.90 Å². The van der Waals surface area contributed by atoms with E-state index in [1.165, 1.54) is 24.1 Å². The Labute approximate surface area is 236 Å². The Morgan fingerprint density at radius 2 is 1.36 bits per heavy atom. The van der Waals surface area contributed by atoms with E-state index in [0.29, 0.717) is 16.5 Å². The second kappa shape index (κ2) is 13.1. The molecular formula is C32H40N6S. The van der Waals surface area contributed by atoms with E-state index in [-0.39, 0.29) is 0 Å². The molecule has 0 bridgehead atoms. The van der Waals surface area contributed by atoms with Crippen LogP contribution in [0.2, 0.25) is 0 Å². The van der Waals surface area contributed by atoms with E-state index in [1.807, 2.05) is 36.4 Å². The molecular weight excluding hydrogens is 500 g/mol. The van der Waals surface area contributed by atoms with Gasteiger partial charge in [-0.25, -0.2) is 4.98 Å². The van der Waals surface area contributed by atoms with Gasteiger partial charge in [0.1, 0.15) is 0 Å². The number of nitrogens with zero attached hydrogens (tertiary/aromatic N) is 6. The number of aryl methyl sites for hydroxylation is 1. The third-order valence-electron chi connectivity index (χ3n) is 6.69. The second-order valence-electron chi connectivity index (χ2n) is 11.3. The van der Waals surface area contributed by atoms with Crippen molar-refractivity contribution in [3.63, 3.8) is 0 Å². The quantitative estimate of drug-likeness (QED) is 0.178. The first-order chi connectivity index (χ1) is 18.7. The van der Waals surface area contributed by atoms with E-state index < -0.39 is 0 Å². The SMILES string of the molecule is CCN(CC)c1ccc(N=Nc2ccc(N=Nc3nc4ccc(CCC(C)CC(C)(C)C)cc4s3)cc2)cc1. The van der Waals surface area contributed by atoms with Gasteiger partial charge in [0.2, 0.25) is 5.13 Å². The summed E-state index contributed by atoms with van der Waals surface area (Å²) < 4.78 is 1.16. The highest BCUT2D eigenvalue weighted by Gasteiger charge is 2.15. The molecule has 1 atom stereocenters. The molecule has 3 aromatic carbocycles. The van der Waals surface area contributed by atoms with Crippen LogP contribution in [0.1, 0.15) is 59.9 Å². The fourth-order valence-electron chi connectivity index (χ4n) is 4.84. The van der Waals surface area contributed by atoms with E-state index in [4.69, 9.17) is 0 Å². The van der Waals surface area contributed by atoms with Crippen molar-refractivity contribution >= 4 is 49.4 Å². The molecule has 0 aliphatic heterocycles. The Hall–Kier alpha value is -3.45. The standard InChI is InChI=1S/C32H40N6S/c1-7-38(8-2)28-18-16-27(17-19-28)35-34-25-12-14-26(15-13-25)36-37-31-33-29-20-11-24(21-30(29)39-31)10-9-23(3)22-32(4,5)6/h11-21,23H,7-10,22H2,1-6H3. The Balaban J connectivity index is 1.34. The van der Waals surface area contributed by atoms with Gasteiger partial charge in [-0.15, -0.1) is 10.2 Å². The zero-order valence-corrected chi connectivity index (χ0v) is 24.9. The van der Waals surface area contributed by atoms with Gasteiger partial charge in [-0.05, 0) is 111 Å². The average Bonchev–Trinajstić information content (AvgIpc) is 3.33. The average molecular weight is 541 g/mol. The number of rotatable bonds is 11. The summed E-state index contributed by atoms with van der Waals surface area (Å²) in [5.74, 6) is 0.712. The zero-order chi connectivity index (χ0) is 27.8. The Morgan fingerprint density at radius 1 is 0.795 bits per heavy atom. The summed E-state index contributed by atoms with van der Waals surface area (Å²) >= 11 is 1.58. The van der Waals surface area contributed by atoms with Crippen LogP contribution in [0.3, 0.4) is 0 Å². The van der Waals surface area contributed by atoms with Gasteiger partial charge in [0.05, 0.1) is 27.3 Å². The van der Waals surface area contributed by atoms with Gasteiger partial charge in [-0.1, -0.05) is 45.1 Å². The number of thiazole rings is 1. The van der Waals surface area contributed by atoms with Gasteiger partial charge in [0, 0.05) is 18.8 Å². The number of benzene rings is 3. The first kappa shape index (κ1) is 28.6. The highest BCUT2D eigenvalue weighted by Crippen LogP contribution is 2.32. The van der Waals surface area contributed by atoms with E-state index in [9.17, 15) is 0 Å². The van der Waals surface area contributed by atoms with Crippen LogP contribution in [0.15, 0.2) is 87.2 Å². The summed E-state index contributed by atoms with van der Waals surface area (Å²) in [5, 5.41) is 18.2. The maximum Gasteiger partial charge on any atom is 0.231 e. The van der Waals surface area contributed by atoms with Crippen LogP contribution in [0.4, 0.5) is 27.9 Å². The van der Waals surface area contributed by atoms with E-state index in [1.54, 1.807) is 11.3 Å². The molecule has 4 rings (SSSR count). The lowest BCUT2D eigenvalue weighted by Gasteiger charge is -2.23. The monoisotopic (exact) mass is 540 g/mol. The van der Waals surface area contributed by atoms with Crippen molar-refractivity contribution in [2.24, 2.45) is 31.8 Å². The minimum atomic E-state index is 0.378. The number of hydrogen-bond acceptors (Lipinski definition) is 7. The molecule has 0 radical (unpaired) electrons. The lowest BCUT2D eigenvalue weighted by Crippen LogP contribution is -2.21. The number of hydrogen-bond donors (Lipinski definition) is 0. The molecule has 0 amide bonds. The Morgan fingerprint density at radius 3 is 1.92 bits per heavy atom. The van der Waals surface area contributed by atoms with Gasteiger partial charge in [-0.3, -0.25) is 0 Å². The van der Waals surface area contributed by atoms with Crippen LogP contribution in [-0.4, -0.2) is 18.1 Å². The number of anilines is 1. The van der Waals surface area contributed by atoms with Gasteiger partial charge >= 0.3 is 0 Å². The molecule has 0 aliphatic rings. The largest absolute Gasteiger partial charge is 0.372 e. The lowest BCUT2D eigenvalue weighted by atomic mass is 9.83. The Bertz CT molecular complexity index is 1390. The molecule has 204 valence electrons. The second-order valence-corrected chi connectivity index (χ2v) is 12.3. The van der Waals surface area contributed by atoms with Crippen molar-refractivity contribution in [2.45, 2.75) is 60.8 Å². The van der Waals surface area contributed by atoms with Crippen molar-refractivity contribution in [3.05, 3.63) is 72.3 Å². The summed E-state index contributed by atoms with van der Waals surface area (Å²) in [6, 6.07) is 22.3. The number of azo groups is 2. The predicted octanol–water partition coefficient (Wildman–Crippen LogP) is 11.0. The van der Waals surface area contributed by atoms with Crippen molar-refractivity contribution < 1.29 is 0 Å². The topological polar surface area (TPSA) is 65.6 Å². The van der Waals surface area contributed by atoms with Crippen LogP contribution >= 0.6 is 11.3 Å². The first-order valence-corrected chi connectivity index (χ1v) is 14.7. The smallest absolute Gasteiger partial charge is 0.231 e. The van der Waals surface area contributed by atoms with E-state index >= 15 is 0 Å². The fourth-order valence-corrected chi connectivity index (χ4v) is 5.69. The van der Waals surface area contributed by atoms with Crippen LogP contribution in [-0.2, 0) is 6.42 Å². The van der Waals surface area contributed by atoms with Crippen molar-refractivity contribution in [1.82, 2.24) is 4.98 Å². The molecule has 7 heteroatoms. The molecule has 0 spiro atoms. The van der Waals surface area contributed by atoms with Crippen molar-refractivity contribution in [2.75, 3.05) is 18.0 Å². The number of fused-ring (bicyclic) bond motifs is 1. The molecule has 4 aromatic rings. The molecule has 39 heavy (non-hydrogen) atoms. The Kier molecular flexibility index (Phi) is 9.57. The summed E-state index contributed by atoms with van der Waals surface area (Å²) in [6.07, 6.45) is 3.54. The summed E-state index contributed by atoms with van der Waals surface area (Å²) in [5.41, 5.74) is 6.26. The van der Waals surface area contributed by atoms with Crippen molar-refractivity contribution in [3.8, 4) is 0 Å². The molecule has 0 aliphatic carbocycles. The first-order valence-electron chi connectivity index (χ1n) is 13.9. The highest BCUT2D eigenvalue weighted by molar-refractivity contribution is 7.21. The molecule has 0 N–H and O–H groups in total. The van der Waals surface area contributed by atoms with Gasteiger partial charge < -0.3 is 4.90 Å². The van der Waals surface area contributed by atoms with Crippen LogP contribution in [0.25, 0.3) is 10.2 Å². The van der Waals surface area contributed by atoms with E-state index in [0.717, 1.165) is 46.8 Å². The molecule has 1 heterocycles. The van der Waals surface area contributed by atoms with Gasteiger partial charge in [0.25, 0.3) is 0 Å². The minimum absolute atomic E-state index is 0.378. The maximum absolute atomic E-state index is 4.64. The predicted molar refractivity (Wildman–Crippen MR) is 166 cm³/mol. The molecule has 6 nitrogen and oxygen atoms in total. The lowest BCUT2D eigenvalue weighted by molar-refractivity contribution is 0.297. The minimum Gasteiger partial charge on any atom is -0.372 e. The summed E-state index contributed by atoms with van der Waals surface area (Å²) in [4.78, 5) is 6.94. The highest BCUT2D eigenvalue weighted by atomic mass is 32.1. The number of aromatic nitrogens is 1. The third-order valence-corrected chi connectivity index (χ3v) is 7.59. The zero-order valence-electron chi connectivity index (χ0n) is 24.1. The summed E-state index contributed by atoms with van der Waals surface area (Å²) in [6.45, 7) is 15.6. The van der Waals surface area contributed by atoms with E-state index in [2.05, 4.69) is 102 Å². The van der Waals surface area contributed by atoms with Crippen molar-refractivity contribution in [1.29, 1.82) is 0 Å². The molecule has 1 unspecified atom stereocenters. The molecule has 0 fully saturated rings. The fraction of sp³-hybridized carbons (Fsp3) is 0.406. The third kappa shape index (κ3) is 8.52. The maximum atomic E-state index is 4.64. The summed E-state index contributed by atoms with van der Waals surface area (Å²) in [7, 11) is 0. The molecule has 1 aromatic heterocycles. The normalized spacial score (nSPS) is 13.1. The van der Waals surface area contributed by atoms with Crippen LogP contribution in [0, 0.1) is 11.3 Å². The molecule has 0 saturated carbocycles. The van der Waals surface area contributed by atoms with Gasteiger partial charge in [0.15, 0.2) is 0 Å². The van der Waals surface area contributed by atoms with Crippen LogP contribution in [0.5, 0.6) is 0 Å². The van der Waals surface area contributed by atoms with Gasteiger partial charge in [-0.2, -0.15) is 10.2 Å².